The molecule has 2 aromatic carbocycles. The van der Waals surface area contributed by atoms with E-state index in [0.29, 0.717) is 0 Å². The van der Waals surface area contributed by atoms with Gasteiger partial charge in [0.2, 0.25) is 11.6 Å². The van der Waals surface area contributed by atoms with E-state index >= 15 is 0 Å². The Hall–Kier alpha value is -5.60. The number of rotatable bonds is 9. The van der Waals surface area contributed by atoms with Gasteiger partial charge in [-0.2, -0.15) is 0 Å². The first-order chi connectivity index (χ1) is 18.6. The van der Waals surface area contributed by atoms with Crippen LogP contribution in [0.5, 0.6) is 0 Å². The van der Waals surface area contributed by atoms with Crippen LogP contribution in [0.1, 0.15) is 41.4 Å². The molecule has 1 aromatic heterocycles. The van der Waals surface area contributed by atoms with Crippen molar-refractivity contribution in [3.8, 4) is 0 Å². The van der Waals surface area contributed by atoms with Gasteiger partial charge in [0.05, 0.1) is 55.6 Å². The minimum absolute atomic E-state index is 0.0343. The lowest BCUT2D eigenvalue weighted by molar-refractivity contribution is -0.383. The molecular weight excluding hydrogens is 518 g/mol. The maximum absolute atomic E-state index is 12.1. The van der Waals surface area contributed by atoms with Gasteiger partial charge < -0.3 is 29.6 Å². The number of anilines is 4. The number of nitro groups is 1. The summed E-state index contributed by atoms with van der Waals surface area (Å²) in [5.41, 5.74) is -0.621. The Morgan fingerprint density at radius 3 is 1.21 bits per heavy atom. The molecule has 0 bridgehead atoms. The second kappa shape index (κ2) is 12.1. The lowest BCUT2D eigenvalue weighted by atomic mass is 10.1. The predicted molar refractivity (Wildman–Crippen MR) is 133 cm³/mol. The number of nitrogens with one attached hydrogen (secondary N) is 2. The number of methoxy groups -OCH3 is 4. The van der Waals surface area contributed by atoms with Crippen molar-refractivity contribution in [3.05, 3.63) is 75.1 Å². The topological polar surface area (TPSA) is 198 Å². The molecule has 0 radical (unpaired) electrons. The first-order valence-corrected chi connectivity index (χ1v) is 10.8. The number of hydrogen-bond donors (Lipinski definition) is 2. The van der Waals surface area contributed by atoms with E-state index in [0.717, 1.165) is 34.8 Å². The van der Waals surface area contributed by atoms with E-state index in [1.54, 1.807) is 0 Å². The van der Waals surface area contributed by atoms with E-state index in [1.807, 2.05) is 0 Å². The number of carbonyl (C=O) groups excluding carboxylic acids is 4. The minimum atomic E-state index is -0.776. The Bertz CT molecular complexity index is 1310. The molecular formula is C24H21N5O10. The normalized spacial score (nSPS) is 10.2. The summed E-state index contributed by atoms with van der Waals surface area (Å²) in [6.45, 7) is 0. The molecule has 1 heterocycles. The fourth-order valence-corrected chi connectivity index (χ4v) is 3.35. The summed E-state index contributed by atoms with van der Waals surface area (Å²) in [5, 5.41) is 17.5. The third-order valence-corrected chi connectivity index (χ3v) is 5.08. The highest BCUT2D eigenvalue weighted by Crippen LogP contribution is 2.34. The third-order valence-electron chi connectivity index (χ3n) is 5.08. The van der Waals surface area contributed by atoms with Crippen LogP contribution in [0, 0.1) is 10.1 Å². The minimum Gasteiger partial charge on any atom is -0.465 e. The van der Waals surface area contributed by atoms with Crippen molar-refractivity contribution < 1.29 is 43.0 Å². The van der Waals surface area contributed by atoms with Crippen LogP contribution in [-0.4, -0.2) is 67.2 Å². The van der Waals surface area contributed by atoms with Gasteiger partial charge in [0.25, 0.3) is 0 Å². The van der Waals surface area contributed by atoms with E-state index in [1.165, 1.54) is 36.4 Å². The molecule has 0 aliphatic rings. The van der Waals surface area contributed by atoms with Crippen LogP contribution in [0.2, 0.25) is 0 Å². The van der Waals surface area contributed by atoms with Crippen LogP contribution in [0.15, 0.2) is 42.7 Å². The molecule has 0 saturated heterocycles. The number of aromatic nitrogens is 2. The Morgan fingerprint density at radius 2 is 0.949 bits per heavy atom. The first kappa shape index (κ1) is 28.0. The fraction of sp³-hybridized carbons (Fsp3) is 0.167. The summed E-state index contributed by atoms with van der Waals surface area (Å²) >= 11 is 0. The highest BCUT2D eigenvalue weighted by molar-refractivity contribution is 5.98. The maximum Gasteiger partial charge on any atom is 0.353 e. The Kier molecular flexibility index (Phi) is 8.67. The van der Waals surface area contributed by atoms with Crippen LogP contribution in [0.4, 0.5) is 28.7 Å². The van der Waals surface area contributed by atoms with Gasteiger partial charge in [-0.3, -0.25) is 10.1 Å². The smallest absolute Gasteiger partial charge is 0.353 e. The highest BCUT2D eigenvalue weighted by Gasteiger charge is 2.25. The largest absolute Gasteiger partial charge is 0.465 e. The molecule has 39 heavy (non-hydrogen) atoms. The third kappa shape index (κ3) is 6.40. The van der Waals surface area contributed by atoms with Gasteiger partial charge in [0.1, 0.15) is 6.33 Å². The number of hydrogen-bond acceptors (Lipinski definition) is 14. The van der Waals surface area contributed by atoms with Gasteiger partial charge in [-0.1, -0.05) is 0 Å². The molecule has 0 aliphatic heterocycles. The number of carbonyl (C=O) groups is 4. The average Bonchev–Trinajstić information content (AvgIpc) is 2.94. The predicted octanol–water partition coefficient (Wildman–Crippen LogP) is 3.02. The van der Waals surface area contributed by atoms with Crippen molar-refractivity contribution in [1.82, 2.24) is 9.97 Å². The summed E-state index contributed by atoms with van der Waals surface area (Å²) in [6.07, 6.45) is 1.01. The van der Waals surface area contributed by atoms with Crippen LogP contribution in [-0.2, 0) is 18.9 Å². The lowest BCUT2D eigenvalue weighted by Gasteiger charge is -2.13. The van der Waals surface area contributed by atoms with Gasteiger partial charge in [-0.05, 0) is 36.4 Å². The van der Waals surface area contributed by atoms with Crippen LogP contribution in [0.3, 0.4) is 0 Å². The van der Waals surface area contributed by atoms with Crippen molar-refractivity contribution in [2.45, 2.75) is 0 Å². The molecule has 202 valence electrons. The molecule has 0 saturated carbocycles. The number of nitrogens with zero attached hydrogens (tertiary/aromatic N) is 3. The molecule has 3 rings (SSSR count). The molecule has 0 aliphatic carbocycles. The summed E-state index contributed by atoms with van der Waals surface area (Å²) < 4.78 is 18.8. The Morgan fingerprint density at radius 1 is 0.641 bits per heavy atom. The molecule has 0 unspecified atom stereocenters. The van der Waals surface area contributed by atoms with E-state index in [2.05, 4.69) is 20.6 Å². The molecule has 15 heteroatoms. The number of benzene rings is 2. The van der Waals surface area contributed by atoms with Crippen LogP contribution >= 0.6 is 0 Å². The fourth-order valence-electron chi connectivity index (χ4n) is 3.35. The van der Waals surface area contributed by atoms with E-state index in [4.69, 9.17) is 18.9 Å². The van der Waals surface area contributed by atoms with E-state index in [9.17, 15) is 29.3 Å². The Labute approximate surface area is 220 Å². The summed E-state index contributed by atoms with van der Waals surface area (Å²) in [7, 11) is 4.59. The summed E-state index contributed by atoms with van der Waals surface area (Å²) in [4.78, 5) is 67.5. The second-order valence-electron chi connectivity index (χ2n) is 7.49. The molecule has 0 spiro atoms. The SMILES string of the molecule is COC(=O)c1cc(Nc2ncnc(Nc3cc(C(=O)OC)cc(C(=O)OC)c3)c2[N+](=O)[O-])cc(C(=O)OC)c1. The van der Waals surface area contributed by atoms with Crippen molar-refractivity contribution in [2.75, 3.05) is 39.1 Å². The quantitative estimate of drug-likeness (QED) is 0.174. The molecule has 15 nitrogen and oxygen atoms in total. The zero-order chi connectivity index (χ0) is 28.7. The molecule has 3 aromatic rings. The highest BCUT2D eigenvalue weighted by atomic mass is 16.6. The maximum atomic E-state index is 12.1. The van der Waals surface area contributed by atoms with Crippen molar-refractivity contribution >= 4 is 52.6 Å². The van der Waals surface area contributed by atoms with Crippen molar-refractivity contribution in [3.63, 3.8) is 0 Å². The standard InChI is InChI=1S/C24H21N5O10/c1-36-21(30)12-5-13(22(31)37-2)8-16(7-12)27-19-18(29(34)35)20(26-11-25-19)28-17-9-14(23(32)38-3)6-15(10-17)24(33)39-4/h5-11H,1-4H3,(H2,25,26,27,28). The van der Waals surface area contributed by atoms with Gasteiger partial charge in [0.15, 0.2) is 0 Å². The zero-order valence-corrected chi connectivity index (χ0v) is 21.0. The van der Waals surface area contributed by atoms with E-state index < -0.39 is 34.5 Å². The molecule has 2 N–H and O–H groups in total. The summed E-state index contributed by atoms with van der Waals surface area (Å²) in [6, 6.07) is 7.63. The number of ether oxygens (including phenoxy) is 4. The van der Waals surface area contributed by atoms with Gasteiger partial charge in [-0.15, -0.1) is 0 Å². The second-order valence-corrected chi connectivity index (χ2v) is 7.49. The average molecular weight is 539 g/mol. The van der Waals surface area contributed by atoms with Gasteiger partial charge in [0, 0.05) is 11.4 Å². The molecule has 0 amide bonds. The van der Waals surface area contributed by atoms with Gasteiger partial charge in [-0.25, -0.2) is 29.1 Å². The van der Waals surface area contributed by atoms with E-state index in [-0.39, 0.29) is 45.3 Å². The van der Waals surface area contributed by atoms with Crippen molar-refractivity contribution in [1.29, 1.82) is 0 Å². The Balaban J connectivity index is 2.09. The zero-order valence-electron chi connectivity index (χ0n) is 21.0. The lowest BCUT2D eigenvalue weighted by Crippen LogP contribution is -2.10. The first-order valence-electron chi connectivity index (χ1n) is 10.8. The summed E-state index contributed by atoms with van der Waals surface area (Å²) in [5.74, 6) is -3.70. The van der Waals surface area contributed by atoms with Crippen LogP contribution < -0.4 is 10.6 Å². The monoisotopic (exact) mass is 539 g/mol. The van der Waals surface area contributed by atoms with Crippen molar-refractivity contribution in [2.24, 2.45) is 0 Å². The van der Waals surface area contributed by atoms with Gasteiger partial charge >= 0.3 is 29.6 Å². The van der Waals surface area contributed by atoms with Crippen LogP contribution in [0.25, 0.3) is 0 Å². The number of esters is 4. The molecule has 0 fully saturated rings. The molecule has 0 atom stereocenters.